The van der Waals surface area contributed by atoms with E-state index in [1.54, 1.807) is 31.2 Å². The minimum atomic E-state index is -0.723. The SMILES string of the molecule is Cc1cccc(Oc2ccc(NC(=O)[C@@H](C)Oc3ccc(F)cc3)cc2)c1. The third kappa shape index (κ3) is 5.31. The van der Waals surface area contributed by atoms with Crippen molar-refractivity contribution in [3.63, 3.8) is 0 Å². The standard InChI is InChI=1S/C22H20FNO3/c1-15-4-3-5-21(14-15)27-20-12-8-18(9-13-20)24-22(25)16(2)26-19-10-6-17(23)7-11-19/h3-14,16H,1-2H3,(H,24,25)/t16-/m1/s1. The Balaban J connectivity index is 1.56. The lowest BCUT2D eigenvalue weighted by Gasteiger charge is -2.15. The van der Waals surface area contributed by atoms with Gasteiger partial charge in [0, 0.05) is 5.69 Å². The molecule has 0 bridgehead atoms. The van der Waals surface area contributed by atoms with E-state index >= 15 is 0 Å². The molecule has 3 aromatic rings. The van der Waals surface area contributed by atoms with E-state index in [0.29, 0.717) is 17.2 Å². The molecule has 5 heteroatoms. The van der Waals surface area contributed by atoms with Crippen molar-refractivity contribution in [2.75, 3.05) is 5.32 Å². The molecule has 0 aliphatic heterocycles. The fraction of sp³-hybridized carbons (Fsp3) is 0.136. The van der Waals surface area contributed by atoms with E-state index in [1.165, 1.54) is 24.3 Å². The van der Waals surface area contributed by atoms with E-state index in [1.807, 2.05) is 31.2 Å². The highest BCUT2D eigenvalue weighted by molar-refractivity contribution is 5.94. The first kappa shape index (κ1) is 18.5. The molecule has 1 atom stereocenters. The Morgan fingerprint density at radius 1 is 0.926 bits per heavy atom. The quantitative estimate of drug-likeness (QED) is 0.642. The third-order valence-electron chi connectivity index (χ3n) is 3.84. The van der Waals surface area contributed by atoms with Crippen LogP contribution < -0.4 is 14.8 Å². The second-order valence-corrected chi connectivity index (χ2v) is 6.15. The van der Waals surface area contributed by atoms with Crippen LogP contribution in [0.15, 0.2) is 72.8 Å². The highest BCUT2D eigenvalue weighted by Crippen LogP contribution is 2.24. The number of benzene rings is 3. The van der Waals surface area contributed by atoms with Crippen LogP contribution in [0.3, 0.4) is 0 Å². The molecular weight excluding hydrogens is 345 g/mol. The summed E-state index contributed by atoms with van der Waals surface area (Å²) in [5.74, 6) is 1.21. The number of hydrogen-bond donors (Lipinski definition) is 1. The number of halogens is 1. The van der Waals surface area contributed by atoms with Crippen molar-refractivity contribution >= 4 is 11.6 Å². The lowest BCUT2D eigenvalue weighted by molar-refractivity contribution is -0.122. The molecular formula is C22H20FNO3. The molecule has 0 fully saturated rings. The van der Waals surface area contributed by atoms with Crippen molar-refractivity contribution < 1.29 is 18.7 Å². The summed E-state index contributed by atoms with van der Waals surface area (Å²) in [7, 11) is 0. The number of amides is 1. The van der Waals surface area contributed by atoms with Crippen LogP contribution in [0.25, 0.3) is 0 Å². The van der Waals surface area contributed by atoms with E-state index < -0.39 is 6.10 Å². The van der Waals surface area contributed by atoms with E-state index in [0.717, 1.165) is 11.3 Å². The number of anilines is 1. The molecule has 0 radical (unpaired) electrons. The molecule has 0 saturated heterocycles. The van der Waals surface area contributed by atoms with Gasteiger partial charge in [-0.25, -0.2) is 4.39 Å². The predicted molar refractivity (Wildman–Crippen MR) is 103 cm³/mol. The molecule has 4 nitrogen and oxygen atoms in total. The molecule has 0 heterocycles. The predicted octanol–water partition coefficient (Wildman–Crippen LogP) is 5.33. The van der Waals surface area contributed by atoms with Gasteiger partial charge in [-0.05, 0) is 80.1 Å². The van der Waals surface area contributed by atoms with Crippen molar-refractivity contribution in [3.05, 3.63) is 84.2 Å². The van der Waals surface area contributed by atoms with Gasteiger partial charge < -0.3 is 14.8 Å². The van der Waals surface area contributed by atoms with Gasteiger partial charge in [-0.2, -0.15) is 0 Å². The lowest BCUT2D eigenvalue weighted by Crippen LogP contribution is -2.30. The number of ether oxygens (including phenoxy) is 2. The second-order valence-electron chi connectivity index (χ2n) is 6.15. The van der Waals surface area contributed by atoms with Gasteiger partial charge in [-0.1, -0.05) is 12.1 Å². The van der Waals surface area contributed by atoms with Crippen LogP contribution >= 0.6 is 0 Å². The Bertz CT molecular complexity index is 908. The third-order valence-corrected chi connectivity index (χ3v) is 3.84. The molecule has 1 amide bonds. The molecule has 0 saturated carbocycles. The maximum atomic E-state index is 12.9. The Kier molecular flexibility index (Phi) is 5.71. The first-order valence-corrected chi connectivity index (χ1v) is 8.57. The van der Waals surface area contributed by atoms with Crippen molar-refractivity contribution in [3.8, 4) is 17.2 Å². The number of aryl methyl sites for hydroxylation is 1. The number of nitrogens with one attached hydrogen (secondary N) is 1. The Morgan fingerprint density at radius 2 is 1.59 bits per heavy atom. The first-order chi connectivity index (χ1) is 13.0. The average molecular weight is 365 g/mol. The van der Waals surface area contributed by atoms with Gasteiger partial charge in [0.15, 0.2) is 6.10 Å². The van der Waals surface area contributed by atoms with E-state index in [9.17, 15) is 9.18 Å². The fourth-order valence-electron chi connectivity index (χ4n) is 2.44. The monoisotopic (exact) mass is 365 g/mol. The Morgan fingerprint density at radius 3 is 2.26 bits per heavy atom. The molecule has 0 spiro atoms. The van der Waals surface area contributed by atoms with Crippen LogP contribution in [-0.4, -0.2) is 12.0 Å². The molecule has 0 aliphatic carbocycles. The Labute approximate surface area is 157 Å². The van der Waals surface area contributed by atoms with Crippen LogP contribution in [0.4, 0.5) is 10.1 Å². The van der Waals surface area contributed by atoms with Crippen molar-refractivity contribution in [2.24, 2.45) is 0 Å². The summed E-state index contributed by atoms with van der Waals surface area (Å²) >= 11 is 0. The minimum Gasteiger partial charge on any atom is -0.481 e. The zero-order valence-corrected chi connectivity index (χ0v) is 15.1. The average Bonchev–Trinajstić information content (AvgIpc) is 2.65. The van der Waals surface area contributed by atoms with Crippen molar-refractivity contribution in [1.82, 2.24) is 0 Å². The zero-order valence-electron chi connectivity index (χ0n) is 15.1. The van der Waals surface area contributed by atoms with E-state index in [-0.39, 0.29) is 11.7 Å². The maximum absolute atomic E-state index is 12.9. The van der Waals surface area contributed by atoms with Crippen LogP contribution in [0.1, 0.15) is 12.5 Å². The summed E-state index contributed by atoms with van der Waals surface area (Å²) in [4.78, 5) is 12.3. The molecule has 0 aromatic heterocycles. The summed E-state index contributed by atoms with van der Waals surface area (Å²) in [5.41, 5.74) is 1.75. The summed E-state index contributed by atoms with van der Waals surface area (Å²) in [6, 6.07) is 20.4. The van der Waals surface area contributed by atoms with Gasteiger partial charge in [0.2, 0.25) is 0 Å². The lowest BCUT2D eigenvalue weighted by atomic mass is 10.2. The molecule has 138 valence electrons. The number of hydrogen-bond acceptors (Lipinski definition) is 3. The van der Waals surface area contributed by atoms with Crippen molar-refractivity contribution in [1.29, 1.82) is 0 Å². The van der Waals surface area contributed by atoms with Gasteiger partial charge in [0.1, 0.15) is 23.1 Å². The molecule has 0 aliphatic rings. The second kappa shape index (κ2) is 8.36. The van der Waals surface area contributed by atoms with Crippen LogP contribution in [0, 0.1) is 12.7 Å². The fourth-order valence-corrected chi connectivity index (χ4v) is 2.44. The van der Waals surface area contributed by atoms with Crippen LogP contribution in [0.5, 0.6) is 17.2 Å². The highest BCUT2D eigenvalue weighted by atomic mass is 19.1. The molecule has 3 aromatic carbocycles. The van der Waals surface area contributed by atoms with E-state index in [4.69, 9.17) is 9.47 Å². The van der Waals surface area contributed by atoms with Gasteiger partial charge in [-0.15, -0.1) is 0 Å². The van der Waals surface area contributed by atoms with Gasteiger partial charge >= 0.3 is 0 Å². The summed E-state index contributed by atoms with van der Waals surface area (Å²) in [6.07, 6.45) is -0.723. The molecule has 27 heavy (non-hydrogen) atoms. The Hall–Kier alpha value is -3.34. The normalized spacial score (nSPS) is 11.5. The molecule has 0 unspecified atom stereocenters. The topological polar surface area (TPSA) is 47.6 Å². The van der Waals surface area contributed by atoms with E-state index in [2.05, 4.69) is 5.32 Å². The van der Waals surface area contributed by atoms with Crippen LogP contribution in [0.2, 0.25) is 0 Å². The summed E-state index contributed by atoms with van der Waals surface area (Å²) in [5, 5.41) is 2.78. The molecule has 1 N–H and O–H groups in total. The minimum absolute atomic E-state index is 0.299. The van der Waals surface area contributed by atoms with Gasteiger partial charge in [0.05, 0.1) is 0 Å². The van der Waals surface area contributed by atoms with Crippen LogP contribution in [-0.2, 0) is 4.79 Å². The van der Waals surface area contributed by atoms with Crippen molar-refractivity contribution in [2.45, 2.75) is 20.0 Å². The summed E-state index contributed by atoms with van der Waals surface area (Å²) in [6.45, 7) is 3.63. The smallest absolute Gasteiger partial charge is 0.265 e. The number of carbonyl (C=O) groups excluding carboxylic acids is 1. The van der Waals surface area contributed by atoms with Gasteiger partial charge in [0.25, 0.3) is 5.91 Å². The maximum Gasteiger partial charge on any atom is 0.265 e. The number of carbonyl (C=O) groups is 1. The summed E-state index contributed by atoms with van der Waals surface area (Å²) < 4.78 is 24.2. The van der Waals surface area contributed by atoms with Gasteiger partial charge in [-0.3, -0.25) is 4.79 Å². The largest absolute Gasteiger partial charge is 0.481 e. The highest BCUT2D eigenvalue weighted by Gasteiger charge is 2.15. The first-order valence-electron chi connectivity index (χ1n) is 8.57. The number of rotatable bonds is 6. The zero-order chi connectivity index (χ0) is 19.2. The molecule has 3 rings (SSSR count).